The number of aryl methyl sites for hydroxylation is 3. The van der Waals surface area contributed by atoms with E-state index in [2.05, 4.69) is 20.6 Å². The van der Waals surface area contributed by atoms with Crippen LogP contribution >= 0.6 is 0 Å². The molecule has 0 aliphatic carbocycles. The van der Waals surface area contributed by atoms with Crippen LogP contribution in [0.25, 0.3) is 0 Å². The molecule has 1 amide bonds. The van der Waals surface area contributed by atoms with Gasteiger partial charge in [0.1, 0.15) is 5.69 Å². The molecule has 2 N–H and O–H groups in total. The first-order valence-electron chi connectivity index (χ1n) is 7.46. The molecule has 0 fully saturated rings. The van der Waals surface area contributed by atoms with Crippen molar-refractivity contribution in [3.8, 4) is 0 Å². The van der Waals surface area contributed by atoms with Crippen molar-refractivity contribution >= 4 is 17.5 Å². The number of carbonyl (C=O) groups is 1. The standard InChI is InChI=1S/C17H22N4O2/c1-11-5-6-12(2)14(9-11)20-17-19-13(3)10-15(21-17)16(22)18-7-8-23-4/h5-6,9-10H,7-8H2,1-4H3,(H,18,22)(H,19,20,21). The predicted molar refractivity (Wildman–Crippen MR) is 90.2 cm³/mol. The van der Waals surface area contributed by atoms with Gasteiger partial charge in [-0.1, -0.05) is 12.1 Å². The van der Waals surface area contributed by atoms with Gasteiger partial charge in [-0.05, 0) is 44.0 Å². The summed E-state index contributed by atoms with van der Waals surface area (Å²) in [6, 6.07) is 7.77. The van der Waals surface area contributed by atoms with Crippen LogP contribution in [-0.4, -0.2) is 36.1 Å². The average Bonchev–Trinajstić information content (AvgIpc) is 2.50. The molecule has 0 unspecified atom stereocenters. The molecule has 0 aliphatic heterocycles. The Morgan fingerprint density at radius 3 is 2.70 bits per heavy atom. The average molecular weight is 314 g/mol. The van der Waals surface area contributed by atoms with Crippen molar-refractivity contribution in [3.05, 3.63) is 46.8 Å². The van der Waals surface area contributed by atoms with E-state index in [4.69, 9.17) is 4.74 Å². The number of rotatable bonds is 6. The van der Waals surface area contributed by atoms with Crippen molar-refractivity contribution in [2.24, 2.45) is 0 Å². The Labute approximate surface area is 136 Å². The molecule has 0 aliphatic rings. The fraction of sp³-hybridized carbons (Fsp3) is 0.353. The Balaban J connectivity index is 2.20. The van der Waals surface area contributed by atoms with Gasteiger partial charge in [0.05, 0.1) is 6.61 Å². The smallest absolute Gasteiger partial charge is 0.270 e. The Kier molecular flexibility index (Phi) is 5.65. The van der Waals surface area contributed by atoms with E-state index in [1.807, 2.05) is 39.0 Å². The van der Waals surface area contributed by atoms with Crippen molar-refractivity contribution in [1.29, 1.82) is 0 Å². The van der Waals surface area contributed by atoms with Crippen LogP contribution in [0.2, 0.25) is 0 Å². The number of nitrogens with one attached hydrogen (secondary N) is 2. The van der Waals surface area contributed by atoms with Crippen molar-refractivity contribution in [2.45, 2.75) is 20.8 Å². The maximum Gasteiger partial charge on any atom is 0.270 e. The molecule has 0 atom stereocenters. The second-order valence-electron chi connectivity index (χ2n) is 5.41. The molecule has 0 bridgehead atoms. The van der Waals surface area contributed by atoms with E-state index < -0.39 is 0 Å². The second kappa shape index (κ2) is 7.69. The summed E-state index contributed by atoms with van der Waals surface area (Å²) in [7, 11) is 1.59. The molecule has 1 heterocycles. The van der Waals surface area contributed by atoms with Crippen molar-refractivity contribution in [3.63, 3.8) is 0 Å². The van der Waals surface area contributed by atoms with Crippen LogP contribution in [0.3, 0.4) is 0 Å². The SMILES string of the molecule is COCCNC(=O)c1cc(C)nc(Nc2cc(C)ccc2C)n1. The van der Waals surface area contributed by atoms with Gasteiger partial charge in [0.2, 0.25) is 5.95 Å². The zero-order chi connectivity index (χ0) is 16.8. The Morgan fingerprint density at radius 2 is 1.96 bits per heavy atom. The lowest BCUT2D eigenvalue weighted by atomic mass is 10.1. The molecule has 1 aromatic heterocycles. The summed E-state index contributed by atoms with van der Waals surface area (Å²) in [6.07, 6.45) is 0. The van der Waals surface area contributed by atoms with Crippen LogP contribution in [0.15, 0.2) is 24.3 Å². The number of ether oxygens (including phenoxy) is 1. The Morgan fingerprint density at radius 1 is 1.17 bits per heavy atom. The number of hydrogen-bond acceptors (Lipinski definition) is 5. The first-order valence-corrected chi connectivity index (χ1v) is 7.46. The van der Waals surface area contributed by atoms with Gasteiger partial charge in [-0.3, -0.25) is 4.79 Å². The van der Waals surface area contributed by atoms with E-state index in [1.54, 1.807) is 13.2 Å². The molecule has 23 heavy (non-hydrogen) atoms. The van der Waals surface area contributed by atoms with E-state index in [0.29, 0.717) is 24.8 Å². The molecular formula is C17H22N4O2. The van der Waals surface area contributed by atoms with E-state index in [0.717, 1.165) is 22.5 Å². The highest BCUT2D eigenvalue weighted by molar-refractivity contribution is 5.92. The van der Waals surface area contributed by atoms with E-state index in [1.165, 1.54) is 0 Å². The zero-order valence-corrected chi connectivity index (χ0v) is 13.9. The van der Waals surface area contributed by atoms with Gasteiger partial charge >= 0.3 is 0 Å². The fourth-order valence-electron chi connectivity index (χ4n) is 2.09. The van der Waals surface area contributed by atoms with Gasteiger partial charge in [-0.15, -0.1) is 0 Å². The number of carbonyl (C=O) groups excluding carboxylic acids is 1. The van der Waals surface area contributed by atoms with E-state index in [9.17, 15) is 4.79 Å². The largest absolute Gasteiger partial charge is 0.383 e. The zero-order valence-electron chi connectivity index (χ0n) is 13.9. The summed E-state index contributed by atoms with van der Waals surface area (Å²) < 4.78 is 4.92. The fourth-order valence-corrected chi connectivity index (χ4v) is 2.09. The van der Waals surface area contributed by atoms with Crippen LogP contribution in [0, 0.1) is 20.8 Å². The number of nitrogens with zero attached hydrogens (tertiary/aromatic N) is 2. The summed E-state index contributed by atoms with van der Waals surface area (Å²) in [5.41, 5.74) is 4.22. The third-order valence-corrected chi connectivity index (χ3v) is 3.32. The number of hydrogen-bond donors (Lipinski definition) is 2. The quantitative estimate of drug-likeness (QED) is 0.801. The maximum atomic E-state index is 12.1. The number of methoxy groups -OCH3 is 1. The summed E-state index contributed by atoms with van der Waals surface area (Å²) in [6.45, 7) is 6.77. The minimum Gasteiger partial charge on any atom is -0.383 e. The van der Waals surface area contributed by atoms with Gasteiger partial charge in [-0.25, -0.2) is 9.97 Å². The minimum atomic E-state index is -0.239. The van der Waals surface area contributed by atoms with E-state index >= 15 is 0 Å². The van der Waals surface area contributed by atoms with Crippen molar-refractivity contribution < 1.29 is 9.53 Å². The van der Waals surface area contributed by atoms with Crippen molar-refractivity contribution in [1.82, 2.24) is 15.3 Å². The summed E-state index contributed by atoms with van der Waals surface area (Å²) in [5.74, 6) is 0.173. The van der Waals surface area contributed by atoms with Gasteiger partial charge < -0.3 is 15.4 Å². The van der Waals surface area contributed by atoms with Gasteiger partial charge in [0, 0.05) is 25.0 Å². The Hall–Kier alpha value is -2.47. The summed E-state index contributed by atoms with van der Waals surface area (Å²) >= 11 is 0. The normalized spacial score (nSPS) is 10.4. The predicted octanol–water partition coefficient (Wildman–Crippen LogP) is 2.52. The van der Waals surface area contributed by atoms with Crippen LogP contribution < -0.4 is 10.6 Å². The third kappa shape index (κ3) is 4.75. The summed E-state index contributed by atoms with van der Waals surface area (Å²) in [5, 5.41) is 5.95. The highest BCUT2D eigenvalue weighted by Gasteiger charge is 2.11. The van der Waals surface area contributed by atoms with E-state index in [-0.39, 0.29) is 5.91 Å². The number of amides is 1. The highest BCUT2D eigenvalue weighted by Crippen LogP contribution is 2.20. The molecule has 0 radical (unpaired) electrons. The topological polar surface area (TPSA) is 76.1 Å². The van der Waals surface area contributed by atoms with Gasteiger partial charge in [0.15, 0.2) is 0 Å². The molecule has 2 rings (SSSR count). The molecule has 122 valence electrons. The molecule has 6 nitrogen and oxygen atoms in total. The first-order chi connectivity index (χ1) is 11.0. The lowest BCUT2D eigenvalue weighted by Crippen LogP contribution is -2.28. The second-order valence-corrected chi connectivity index (χ2v) is 5.41. The number of aromatic nitrogens is 2. The lowest BCUT2D eigenvalue weighted by molar-refractivity contribution is 0.0932. The monoisotopic (exact) mass is 314 g/mol. The van der Waals surface area contributed by atoms with Crippen LogP contribution in [0.4, 0.5) is 11.6 Å². The Bertz CT molecular complexity index is 701. The lowest BCUT2D eigenvalue weighted by Gasteiger charge is -2.11. The van der Waals surface area contributed by atoms with Gasteiger partial charge in [-0.2, -0.15) is 0 Å². The van der Waals surface area contributed by atoms with Crippen LogP contribution in [0.1, 0.15) is 27.3 Å². The molecule has 0 saturated carbocycles. The molecule has 0 saturated heterocycles. The molecule has 6 heteroatoms. The minimum absolute atomic E-state index is 0.239. The summed E-state index contributed by atoms with van der Waals surface area (Å²) in [4.78, 5) is 20.8. The number of anilines is 2. The van der Waals surface area contributed by atoms with Crippen LogP contribution in [-0.2, 0) is 4.74 Å². The molecular weight excluding hydrogens is 292 g/mol. The third-order valence-electron chi connectivity index (χ3n) is 3.32. The first kappa shape index (κ1) is 16.9. The molecule has 1 aromatic carbocycles. The molecule has 0 spiro atoms. The van der Waals surface area contributed by atoms with Gasteiger partial charge in [0.25, 0.3) is 5.91 Å². The highest BCUT2D eigenvalue weighted by atomic mass is 16.5. The van der Waals surface area contributed by atoms with Crippen LogP contribution in [0.5, 0.6) is 0 Å². The van der Waals surface area contributed by atoms with Crippen molar-refractivity contribution in [2.75, 3.05) is 25.6 Å². The molecule has 2 aromatic rings. The number of benzene rings is 1. The maximum absolute atomic E-state index is 12.1.